The van der Waals surface area contributed by atoms with Gasteiger partial charge in [-0.2, -0.15) is 0 Å². The fourth-order valence-electron chi connectivity index (χ4n) is 5.22. The van der Waals surface area contributed by atoms with Crippen LogP contribution in [0.2, 0.25) is 0 Å². The Morgan fingerprint density at radius 2 is 1.71 bits per heavy atom. The van der Waals surface area contributed by atoms with Gasteiger partial charge in [-0.25, -0.2) is 0 Å². The number of rotatable bonds is 8. The van der Waals surface area contributed by atoms with Crippen LogP contribution in [-0.4, -0.2) is 55.2 Å². The number of hydrogen-bond donors (Lipinski definition) is 0. The van der Waals surface area contributed by atoms with Crippen LogP contribution >= 0.6 is 0 Å². The maximum Gasteiger partial charge on any atom is 0.312 e. The van der Waals surface area contributed by atoms with Gasteiger partial charge in [-0.05, 0) is 41.8 Å². The van der Waals surface area contributed by atoms with Crippen LogP contribution in [0.15, 0.2) is 60.7 Å². The number of amides is 1. The molecule has 0 radical (unpaired) electrons. The molecule has 8 heteroatoms. The van der Waals surface area contributed by atoms with E-state index in [0.717, 1.165) is 16.9 Å². The van der Waals surface area contributed by atoms with Gasteiger partial charge in [0.1, 0.15) is 23.0 Å². The Labute approximate surface area is 203 Å². The van der Waals surface area contributed by atoms with Gasteiger partial charge >= 0.3 is 11.9 Å². The molecular formula is C27H27NO7. The zero-order valence-electron chi connectivity index (χ0n) is 19.6. The summed E-state index contributed by atoms with van der Waals surface area (Å²) in [6, 6.07) is 14.7. The quantitative estimate of drug-likeness (QED) is 0.328. The molecule has 2 aromatic rings. The van der Waals surface area contributed by atoms with Crippen molar-refractivity contribution >= 4 is 17.8 Å². The summed E-state index contributed by atoms with van der Waals surface area (Å²) < 4.78 is 21.6. The predicted octanol–water partition coefficient (Wildman–Crippen LogP) is 2.69. The number of carbonyl (C=O) groups is 3. The number of likely N-dealkylation sites (tertiary alicyclic amines) is 1. The summed E-state index contributed by atoms with van der Waals surface area (Å²) in [6.45, 7) is 0.762. The minimum absolute atomic E-state index is 0.110. The number of methoxy groups -OCH3 is 2. The third-order valence-corrected chi connectivity index (χ3v) is 6.96. The number of carbonyl (C=O) groups excluding carboxylic acids is 3. The zero-order valence-corrected chi connectivity index (χ0v) is 19.6. The minimum atomic E-state index is -0.764. The fraction of sp³-hybridized carbons (Fsp3) is 0.370. The van der Waals surface area contributed by atoms with Crippen LogP contribution in [-0.2, 0) is 36.8 Å². The maximum atomic E-state index is 13.2. The summed E-state index contributed by atoms with van der Waals surface area (Å²) in [7, 11) is 2.94. The lowest BCUT2D eigenvalue weighted by molar-refractivity contribution is -0.151. The highest BCUT2D eigenvalue weighted by Crippen LogP contribution is 2.52. The second kappa shape index (κ2) is 9.19. The molecule has 3 heterocycles. The van der Waals surface area contributed by atoms with E-state index in [1.165, 1.54) is 7.11 Å². The van der Waals surface area contributed by atoms with Gasteiger partial charge < -0.3 is 23.8 Å². The van der Waals surface area contributed by atoms with E-state index in [2.05, 4.69) is 0 Å². The fourth-order valence-corrected chi connectivity index (χ4v) is 5.22. The summed E-state index contributed by atoms with van der Waals surface area (Å²) in [4.78, 5) is 39.4. The number of benzene rings is 2. The van der Waals surface area contributed by atoms with Gasteiger partial charge in [-0.1, -0.05) is 36.4 Å². The molecule has 3 aliphatic rings. The van der Waals surface area contributed by atoms with Gasteiger partial charge in [-0.15, -0.1) is 0 Å². The largest absolute Gasteiger partial charge is 0.497 e. The van der Waals surface area contributed by atoms with Crippen molar-refractivity contribution in [3.05, 3.63) is 71.8 Å². The van der Waals surface area contributed by atoms with E-state index in [0.29, 0.717) is 25.3 Å². The molecule has 4 atom stereocenters. The SMILES string of the molecule is COC(=O)[C@@H]1[C@H]2C=C[C@@]3(CN(Cc4ccc(OC(=O)CCc5ccc(OC)cc5)cc4)C(=O)[C@@H]13)O2. The van der Waals surface area contributed by atoms with Crippen LogP contribution in [0.3, 0.4) is 0 Å². The molecule has 2 saturated heterocycles. The molecule has 2 bridgehead atoms. The summed E-state index contributed by atoms with van der Waals surface area (Å²) in [5.41, 5.74) is 1.15. The van der Waals surface area contributed by atoms with E-state index < -0.39 is 29.5 Å². The second-order valence-corrected chi connectivity index (χ2v) is 9.08. The smallest absolute Gasteiger partial charge is 0.312 e. The standard InChI is InChI=1S/C27H27NO7/c1-32-19-8-3-17(4-9-19)7-12-22(29)34-20-10-5-18(6-11-20)15-28-16-27-14-13-21(35-27)23(26(31)33-2)24(27)25(28)30/h3-6,8-11,13-14,21,23-24H,7,12,15-16H2,1-2H3/t21-,23-,24-,27+/m1/s1. The lowest BCUT2D eigenvalue weighted by atomic mass is 9.77. The monoisotopic (exact) mass is 477 g/mol. The molecule has 2 fully saturated rings. The molecule has 0 N–H and O–H groups in total. The molecule has 1 spiro atoms. The molecular weight excluding hydrogens is 450 g/mol. The van der Waals surface area contributed by atoms with E-state index in [-0.39, 0.29) is 18.3 Å². The van der Waals surface area contributed by atoms with Crippen molar-refractivity contribution in [3.63, 3.8) is 0 Å². The van der Waals surface area contributed by atoms with Crippen molar-refractivity contribution in [2.24, 2.45) is 11.8 Å². The number of nitrogens with zero attached hydrogens (tertiary/aromatic N) is 1. The maximum absolute atomic E-state index is 13.2. The summed E-state index contributed by atoms with van der Waals surface area (Å²) in [5, 5.41) is 0. The van der Waals surface area contributed by atoms with Gasteiger partial charge in [0.15, 0.2) is 0 Å². The van der Waals surface area contributed by atoms with Crippen molar-refractivity contribution in [1.29, 1.82) is 0 Å². The van der Waals surface area contributed by atoms with E-state index >= 15 is 0 Å². The molecule has 0 saturated carbocycles. The lowest BCUT2D eigenvalue weighted by Gasteiger charge is -2.22. The highest BCUT2D eigenvalue weighted by Gasteiger charge is 2.67. The van der Waals surface area contributed by atoms with Crippen molar-refractivity contribution in [2.45, 2.75) is 31.1 Å². The van der Waals surface area contributed by atoms with Crippen LogP contribution in [0.25, 0.3) is 0 Å². The number of esters is 2. The zero-order chi connectivity index (χ0) is 24.6. The highest BCUT2D eigenvalue weighted by molar-refractivity contribution is 5.91. The van der Waals surface area contributed by atoms with Crippen molar-refractivity contribution < 1.29 is 33.3 Å². The lowest BCUT2D eigenvalue weighted by Crippen LogP contribution is -2.39. The average molecular weight is 478 g/mol. The first-order chi connectivity index (χ1) is 16.9. The van der Waals surface area contributed by atoms with Crippen LogP contribution in [0.4, 0.5) is 0 Å². The molecule has 2 aromatic carbocycles. The van der Waals surface area contributed by atoms with Gasteiger partial charge in [0.2, 0.25) is 5.91 Å². The molecule has 0 aromatic heterocycles. The van der Waals surface area contributed by atoms with E-state index in [1.807, 2.05) is 48.6 Å². The summed E-state index contributed by atoms with van der Waals surface area (Å²) in [6.07, 6.45) is 4.19. The Hall–Kier alpha value is -3.65. The first-order valence-electron chi connectivity index (χ1n) is 11.6. The minimum Gasteiger partial charge on any atom is -0.497 e. The van der Waals surface area contributed by atoms with Crippen LogP contribution in [0, 0.1) is 11.8 Å². The second-order valence-electron chi connectivity index (χ2n) is 9.08. The Kier molecular flexibility index (Phi) is 6.06. The number of ether oxygens (including phenoxy) is 4. The van der Waals surface area contributed by atoms with Gasteiger partial charge in [0.05, 0.1) is 32.8 Å². The molecule has 0 unspecified atom stereocenters. The van der Waals surface area contributed by atoms with E-state index in [4.69, 9.17) is 18.9 Å². The van der Waals surface area contributed by atoms with Crippen LogP contribution < -0.4 is 9.47 Å². The van der Waals surface area contributed by atoms with Crippen LogP contribution in [0.5, 0.6) is 11.5 Å². The molecule has 182 valence electrons. The summed E-state index contributed by atoms with van der Waals surface area (Å²) >= 11 is 0. The molecule has 3 aliphatic heterocycles. The topological polar surface area (TPSA) is 91.4 Å². The molecule has 5 rings (SSSR count). The third kappa shape index (κ3) is 4.30. The van der Waals surface area contributed by atoms with E-state index in [1.54, 1.807) is 24.1 Å². The van der Waals surface area contributed by atoms with Crippen molar-refractivity contribution in [3.8, 4) is 11.5 Å². The first-order valence-corrected chi connectivity index (χ1v) is 11.6. The van der Waals surface area contributed by atoms with Crippen molar-refractivity contribution in [1.82, 2.24) is 4.90 Å². The molecule has 1 amide bonds. The molecule has 0 aliphatic carbocycles. The Morgan fingerprint density at radius 3 is 2.40 bits per heavy atom. The van der Waals surface area contributed by atoms with Gasteiger partial charge in [0, 0.05) is 13.0 Å². The van der Waals surface area contributed by atoms with Gasteiger partial charge in [-0.3, -0.25) is 14.4 Å². The normalized spacial score (nSPS) is 26.1. The number of aryl methyl sites for hydroxylation is 1. The van der Waals surface area contributed by atoms with Crippen LogP contribution in [0.1, 0.15) is 17.5 Å². The Bertz CT molecular complexity index is 1160. The molecule has 35 heavy (non-hydrogen) atoms. The first kappa shape index (κ1) is 23.1. The average Bonchev–Trinajstić information content (AvgIpc) is 3.52. The predicted molar refractivity (Wildman–Crippen MR) is 125 cm³/mol. The highest BCUT2D eigenvalue weighted by atomic mass is 16.5. The Morgan fingerprint density at radius 1 is 1.03 bits per heavy atom. The molecule has 8 nitrogen and oxygen atoms in total. The number of hydrogen-bond acceptors (Lipinski definition) is 7. The Balaban J connectivity index is 1.16. The van der Waals surface area contributed by atoms with Crippen molar-refractivity contribution in [2.75, 3.05) is 20.8 Å². The van der Waals surface area contributed by atoms with Gasteiger partial charge in [0.25, 0.3) is 0 Å². The van der Waals surface area contributed by atoms with E-state index in [9.17, 15) is 14.4 Å². The summed E-state index contributed by atoms with van der Waals surface area (Å²) in [5.74, 6) is -0.787. The third-order valence-electron chi connectivity index (χ3n) is 6.96. The number of fused-ring (bicyclic) bond motifs is 1.